The zero-order chi connectivity index (χ0) is 10.2. The molecule has 5 atom stereocenters. The van der Waals surface area contributed by atoms with Gasteiger partial charge in [-0.2, -0.15) is 0 Å². The van der Waals surface area contributed by atoms with Crippen molar-refractivity contribution in [2.45, 2.75) is 30.6 Å². The van der Waals surface area contributed by atoms with Gasteiger partial charge in [0.05, 0.1) is 6.04 Å². The molecular weight excluding hydrogens is 182 g/mol. The van der Waals surface area contributed by atoms with Crippen molar-refractivity contribution in [2.24, 2.45) is 5.73 Å². The summed E-state index contributed by atoms with van der Waals surface area (Å²) in [5.41, 5.74) is 5.24. The largest absolute Gasteiger partial charge is 0.479 e. The SMILES string of the molecule is N[C@@H]1[C@@H](O)[C@H](O)O[C@H](C(=O)O)[C@H]1O. The van der Waals surface area contributed by atoms with Gasteiger partial charge in [-0.15, -0.1) is 0 Å². The third kappa shape index (κ3) is 1.79. The van der Waals surface area contributed by atoms with Gasteiger partial charge >= 0.3 is 5.97 Å². The highest BCUT2D eigenvalue weighted by Crippen LogP contribution is 2.18. The van der Waals surface area contributed by atoms with Crippen LogP contribution in [0.15, 0.2) is 0 Å². The van der Waals surface area contributed by atoms with E-state index >= 15 is 0 Å². The number of aliphatic hydroxyl groups is 3. The zero-order valence-electron chi connectivity index (χ0n) is 6.57. The van der Waals surface area contributed by atoms with E-state index < -0.39 is 36.6 Å². The summed E-state index contributed by atoms with van der Waals surface area (Å²) in [6.07, 6.45) is -6.30. The summed E-state index contributed by atoms with van der Waals surface area (Å²) in [4.78, 5) is 10.4. The van der Waals surface area contributed by atoms with E-state index in [1.165, 1.54) is 0 Å². The molecule has 0 aromatic heterocycles. The van der Waals surface area contributed by atoms with Crippen molar-refractivity contribution in [3.63, 3.8) is 0 Å². The molecule has 1 fully saturated rings. The quantitative estimate of drug-likeness (QED) is 0.296. The molecule has 1 heterocycles. The Morgan fingerprint density at radius 2 is 1.77 bits per heavy atom. The predicted octanol–water partition coefficient (Wildman–Crippen LogP) is -3.16. The van der Waals surface area contributed by atoms with Crippen LogP contribution in [0.4, 0.5) is 0 Å². The molecule has 0 bridgehead atoms. The maximum atomic E-state index is 10.4. The van der Waals surface area contributed by atoms with Crippen LogP contribution in [0.1, 0.15) is 0 Å². The van der Waals surface area contributed by atoms with Crippen LogP contribution in [-0.4, -0.2) is 57.0 Å². The van der Waals surface area contributed by atoms with E-state index in [0.717, 1.165) is 0 Å². The van der Waals surface area contributed by atoms with E-state index in [-0.39, 0.29) is 0 Å². The van der Waals surface area contributed by atoms with Gasteiger partial charge in [-0.05, 0) is 0 Å². The molecule has 1 saturated heterocycles. The van der Waals surface area contributed by atoms with Crippen LogP contribution >= 0.6 is 0 Å². The van der Waals surface area contributed by atoms with Gasteiger partial charge in [0.1, 0.15) is 12.2 Å². The zero-order valence-corrected chi connectivity index (χ0v) is 6.57. The molecule has 1 aliphatic rings. The summed E-state index contributed by atoms with van der Waals surface area (Å²) in [5.74, 6) is -1.44. The number of carbonyl (C=O) groups is 1. The molecule has 0 aromatic carbocycles. The minimum absolute atomic E-state index is 1.23. The Morgan fingerprint density at radius 3 is 2.23 bits per heavy atom. The summed E-state index contributed by atoms with van der Waals surface area (Å²) in [5, 5.41) is 35.7. The summed E-state index contributed by atoms with van der Waals surface area (Å²) in [7, 11) is 0. The van der Waals surface area contributed by atoms with E-state index in [4.69, 9.17) is 21.1 Å². The summed E-state index contributed by atoms with van der Waals surface area (Å²) < 4.78 is 4.42. The van der Waals surface area contributed by atoms with Crippen molar-refractivity contribution in [3.05, 3.63) is 0 Å². The van der Waals surface area contributed by atoms with E-state index in [2.05, 4.69) is 4.74 Å². The van der Waals surface area contributed by atoms with Crippen LogP contribution in [0.2, 0.25) is 0 Å². The fourth-order valence-corrected chi connectivity index (χ4v) is 1.11. The molecule has 0 amide bonds. The van der Waals surface area contributed by atoms with Gasteiger partial charge in [-0.25, -0.2) is 4.79 Å². The fraction of sp³-hybridized carbons (Fsp3) is 0.833. The minimum Gasteiger partial charge on any atom is -0.479 e. The number of ether oxygens (including phenoxy) is 1. The van der Waals surface area contributed by atoms with Gasteiger partial charge < -0.3 is 30.9 Å². The molecule has 1 rings (SSSR count). The second-order valence-corrected chi connectivity index (χ2v) is 2.84. The Morgan fingerprint density at radius 1 is 1.23 bits per heavy atom. The molecule has 0 radical (unpaired) electrons. The highest BCUT2D eigenvalue weighted by atomic mass is 16.6. The molecule has 76 valence electrons. The van der Waals surface area contributed by atoms with Gasteiger partial charge in [-0.3, -0.25) is 0 Å². The van der Waals surface area contributed by atoms with Crippen LogP contribution in [-0.2, 0) is 9.53 Å². The van der Waals surface area contributed by atoms with Crippen LogP contribution in [0, 0.1) is 0 Å². The number of carboxylic acids is 1. The molecule has 7 heteroatoms. The van der Waals surface area contributed by atoms with Crippen molar-refractivity contribution >= 4 is 5.97 Å². The average molecular weight is 193 g/mol. The minimum atomic E-state index is -1.68. The molecule has 0 spiro atoms. The molecule has 13 heavy (non-hydrogen) atoms. The first-order valence-electron chi connectivity index (χ1n) is 3.63. The van der Waals surface area contributed by atoms with Crippen LogP contribution in [0.25, 0.3) is 0 Å². The number of rotatable bonds is 1. The van der Waals surface area contributed by atoms with Crippen molar-refractivity contribution < 1.29 is 30.0 Å². The molecule has 6 N–H and O–H groups in total. The number of hydrogen-bond acceptors (Lipinski definition) is 6. The van der Waals surface area contributed by atoms with Gasteiger partial charge in [0.2, 0.25) is 0 Å². The number of aliphatic hydroxyl groups excluding tert-OH is 3. The van der Waals surface area contributed by atoms with Crippen LogP contribution in [0.5, 0.6) is 0 Å². The first kappa shape index (κ1) is 10.4. The topological polar surface area (TPSA) is 133 Å². The Kier molecular flexibility index (Phi) is 2.84. The van der Waals surface area contributed by atoms with Gasteiger partial charge in [-0.1, -0.05) is 0 Å². The highest BCUT2D eigenvalue weighted by Gasteiger charge is 2.45. The number of hydrogen-bond donors (Lipinski definition) is 5. The molecular formula is C6H11NO6. The number of nitrogens with two attached hydrogens (primary N) is 1. The van der Waals surface area contributed by atoms with Crippen molar-refractivity contribution in [2.75, 3.05) is 0 Å². The molecule has 0 saturated carbocycles. The fourth-order valence-electron chi connectivity index (χ4n) is 1.11. The lowest BCUT2D eigenvalue weighted by atomic mass is 9.97. The van der Waals surface area contributed by atoms with Gasteiger partial charge in [0.25, 0.3) is 0 Å². The van der Waals surface area contributed by atoms with Crippen molar-refractivity contribution in [3.8, 4) is 0 Å². The molecule has 1 aliphatic heterocycles. The smallest absolute Gasteiger partial charge is 0.335 e. The van der Waals surface area contributed by atoms with Gasteiger partial charge in [0.15, 0.2) is 12.4 Å². The molecule has 0 aromatic rings. The Labute approximate surface area is 73.4 Å². The van der Waals surface area contributed by atoms with E-state index in [9.17, 15) is 9.90 Å². The van der Waals surface area contributed by atoms with E-state index in [1.54, 1.807) is 0 Å². The first-order chi connectivity index (χ1) is 5.95. The summed E-state index contributed by atoms with van der Waals surface area (Å²) in [6.45, 7) is 0. The van der Waals surface area contributed by atoms with Crippen molar-refractivity contribution in [1.82, 2.24) is 0 Å². The maximum absolute atomic E-state index is 10.4. The van der Waals surface area contributed by atoms with Crippen molar-refractivity contribution in [1.29, 1.82) is 0 Å². The Balaban J connectivity index is 2.76. The second-order valence-electron chi connectivity index (χ2n) is 2.84. The monoisotopic (exact) mass is 193 g/mol. The third-order valence-corrected chi connectivity index (χ3v) is 1.92. The lowest BCUT2D eigenvalue weighted by molar-refractivity contribution is -0.253. The number of carboxylic acid groups (broad SMARTS) is 1. The van der Waals surface area contributed by atoms with Crippen LogP contribution in [0.3, 0.4) is 0 Å². The van der Waals surface area contributed by atoms with E-state index in [1.807, 2.05) is 0 Å². The van der Waals surface area contributed by atoms with E-state index in [0.29, 0.717) is 0 Å². The summed E-state index contributed by atoms with van der Waals surface area (Å²) >= 11 is 0. The second kappa shape index (κ2) is 3.56. The highest BCUT2D eigenvalue weighted by molar-refractivity contribution is 5.73. The molecule has 0 aliphatic carbocycles. The summed E-state index contributed by atoms with van der Waals surface area (Å²) in [6, 6.07) is -1.23. The standard InChI is InChI=1S/C6H11NO6/c7-1-2(8)4(5(10)11)13-6(12)3(1)9/h1-4,6,8-9,12H,7H2,(H,10,11)/t1-,2-,3+,4-,6+/m0/s1. The number of aliphatic carboxylic acids is 1. The molecule has 7 nitrogen and oxygen atoms in total. The van der Waals surface area contributed by atoms with Gasteiger partial charge in [0, 0.05) is 0 Å². The lowest BCUT2D eigenvalue weighted by Crippen LogP contribution is -2.63. The van der Waals surface area contributed by atoms with Crippen LogP contribution < -0.4 is 5.73 Å². The lowest BCUT2D eigenvalue weighted by Gasteiger charge is -2.36. The average Bonchev–Trinajstić information content (AvgIpc) is 2.07. The maximum Gasteiger partial charge on any atom is 0.335 e. The Bertz CT molecular complexity index is 209. The third-order valence-electron chi connectivity index (χ3n) is 1.92. The molecule has 0 unspecified atom stereocenters. The predicted molar refractivity (Wildman–Crippen MR) is 38.5 cm³/mol. The first-order valence-corrected chi connectivity index (χ1v) is 3.63. The normalized spacial score (nSPS) is 46.0. The Hall–Kier alpha value is -0.730.